The number of ether oxygens (including phenoxy) is 1. The van der Waals surface area contributed by atoms with Gasteiger partial charge in [0.1, 0.15) is 0 Å². The lowest BCUT2D eigenvalue weighted by Crippen LogP contribution is -2.10. The van der Waals surface area contributed by atoms with Crippen LogP contribution in [0.5, 0.6) is 0 Å². The molecule has 0 aliphatic heterocycles. The van der Waals surface area contributed by atoms with Crippen molar-refractivity contribution in [2.24, 2.45) is 0 Å². The van der Waals surface area contributed by atoms with Crippen molar-refractivity contribution in [3.63, 3.8) is 0 Å². The van der Waals surface area contributed by atoms with Gasteiger partial charge in [-0.25, -0.2) is 14.8 Å². The molecule has 0 saturated carbocycles. The third kappa shape index (κ3) is 3.30. The van der Waals surface area contributed by atoms with Gasteiger partial charge in [-0.05, 0) is 26.3 Å². The number of hydrogen-bond acceptors (Lipinski definition) is 7. The highest BCUT2D eigenvalue weighted by Crippen LogP contribution is 2.28. The Kier molecular flexibility index (Phi) is 4.74. The SMILES string of the molecule is CCOC(=O)c1ccnc(Nc2nc(CC)c(C)s2)c1N. The van der Waals surface area contributed by atoms with Crippen molar-refractivity contribution >= 4 is 33.9 Å². The van der Waals surface area contributed by atoms with Gasteiger partial charge in [-0.1, -0.05) is 6.92 Å². The standard InChI is InChI=1S/C14H18N4O2S/c1-4-10-8(3)21-14(17-10)18-12-11(15)9(6-7-16-12)13(19)20-5-2/h6-7H,4-5,15H2,1-3H3,(H,16,17,18). The lowest BCUT2D eigenvalue weighted by atomic mass is 10.2. The predicted octanol–water partition coefficient (Wildman–Crippen LogP) is 2.91. The number of nitrogens with zero attached hydrogens (tertiary/aromatic N) is 2. The molecule has 2 heterocycles. The number of rotatable bonds is 5. The molecule has 2 aromatic rings. The van der Waals surface area contributed by atoms with Crippen LogP contribution in [0, 0.1) is 6.92 Å². The van der Waals surface area contributed by atoms with Crippen LogP contribution in [0.4, 0.5) is 16.6 Å². The van der Waals surface area contributed by atoms with E-state index in [1.54, 1.807) is 13.0 Å². The third-order valence-electron chi connectivity index (χ3n) is 2.94. The van der Waals surface area contributed by atoms with Gasteiger partial charge >= 0.3 is 5.97 Å². The molecular weight excluding hydrogens is 288 g/mol. The van der Waals surface area contributed by atoms with E-state index in [0.29, 0.717) is 23.1 Å². The molecule has 0 amide bonds. The third-order valence-corrected chi connectivity index (χ3v) is 3.87. The maximum Gasteiger partial charge on any atom is 0.340 e. The quantitative estimate of drug-likeness (QED) is 0.825. The molecule has 112 valence electrons. The second-order valence-electron chi connectivity index (χ2n) is 4.34. The number of carbonyl (C=O) groups is 1. The molecule has 7 heteroatoms. The molecule has 0 spiro atoms. The van der Waals surface area contributed by atoms with Crippen molar-refractivity contribution in [3.05, 3.63) is 28.4 Å². The molecule has 21 heavy (non-hydrogen) atoms. The molecule has 0 radical (unpaired) electrons. The van der Waals surface area contributed by atoms with Gasteiger partial charge in [0.15, 0.2) is 10.9 Å². The number of thiazole rings is 1. The molecular formula is C14H18N4O2S. The summed E-state index contributed by atoms with van der Waals surface area (Å²) < 4.78 is 4.97. The van der Waals surface area contributed by atoms with E-state index in [9.17, 15) is 4.79 Å². The minimum atomic E-state index is -0.454. The number of nitrogens with two attached hydrogens (primary N) is 1. The lowest BCUT2D eigenvalue weighted by Gasteiger charge is -2.09. The second-order valence-corrected chi connectivity index (χ2v) is 5.54. The Morgan fingerprint density at radius 2 is 2.24 bits per heavy atom. The summed E-state index contributed by atoms with van der Waals surface area (Å²) in [5.41, 5.74) is 7.60. The summed E-state index contributed by atoms with van der Waals surface area (Å²) in [6, 6.07) is 1.54. The highest BCUT2D eigenvalue weighted by Gasteiger charge is 2.16. The molecule has 2 rings (SSSR count). The number of nitrogen functional groups attached to an aromatic ring is 1. The second kappa shape index (κ2) is 6.53. The van der Waals surface area contributed by atoms with Gasteiger partial charge in [0.25, 0.3) is 0 Å². The van der Waals surface area contributed by atoms with E-state index in [0.717, 1.165) is 17.0 Å². The van der Waals surface area contributed by atoms with Crippen molar-refractivity contribution < 1.29 is 9.53 Å². The Hall–Kier alpha value is -2.15. The first kappa shape index (κ1) is 15.2. The predicted molar refractivity (Wildman–Crippen MR) is 84.1 cm³/mol. The molecule has 0 aliphatic carbocycles. The molecule has 0 aliphatic rings. The monoisotopic (exact) mass is 306 g/mol. The van der Waals surface area contributed by atoms with Crippen LogP contribution >= 0.6 is 11.3 Å². The highest BCUT2D eigenvalue weighted by atomic mass is 32.1. The first-order valence-electron chi connectivity index (χ1n) is 6.71. The van der Waals surface area contributed by atoms with Crippen molar-refractivity contribution in [2.75, 3.05) is 17.7 Å². The van der Waals surface area contributed by atoms with Gasteiger partial charge < -0.3 is 15.8 Å². The summed E-state index contributed by atoms with van der Waals surface area (Å²) in [6.07, 6.45) is 2.39. The van der Waals surface area contributed by atoms with Crippen molar-refractivity contribution in [1.82, 2.24) is 9.97 Å². The average Bonchev–Trinajstić information content (AvgIpc) is 2.81. The van der Waals surface area contributed by atoms with Crippen molar-refractivity contribution in [1.29, 1.82) is 0 Å². The first-order chi connectivity index (χ1) is 10.1. The van der Waals surface area contributed by atoms with E-state index in [2.05, 4.69) is 22.2 Å². The summed E-state index contributed by atoms with van der Waals surface area (Å²) >= 11 is 1.53. The van der Waals surface area contributed by atoms with Crippen LogP contribution in [0.2, 0.25) is 0 Å². The van der Waals surface area contributed by atoms with Gasteiger partial charge in [0, 0.05) is 11.1 Å². The lowest BCUT2D eigenvalue weighted by molar-refractivity contribution is 0.0527. The number of aromatic nitrogens is 2. The summed E-state index contributed by atoms with van der Waals surface area (Å²) in [5.74, 6) is -0.0398. The number of esters is 1. The fraction of sp³-hybridized carbons (Fsp3) is 0.357. The highest BCUT2D eigenvalue weighted by molar-refractivity contribution is 7.15. The number of nitrogens with one attached hydrogen (secondary N) is 1. The zero-order valence-electron chi connectivity index (χ0n) is 12.3. The Morgan fingerprint density at radius 3 is 2.86 bits per heavy atom. The number of hydrogen-bond donors (Lipinski definition) is 2. The van der Waals surface area contributed by atoms with E-state index in [4.69, 9.17) is 10.5 Å². The fourth-order valence-electron chi connectivity index (χ4n) is 1.87. The van der Waals surface area contributed by atoms with Crippen LogP contribution in [0.25, 0.3) is 0 Å². The number of aryl methyl sites for hydroxylation is 2. The Bertz CT molecular complexity index is 654. The van der Waals surface area contributed by atoms with Gasteiger partial charge in [0.2, 0.25) is 0 Å². The molecule has 0 fully saturated rings. The minimum absolute atomic E-state index is 0.266. The maximum absolute atomic E-state index is 11.8. The van der Waals surface area contributed by atoms with Crippen LogP contribution in [0.15, 0.2) is 12.3 Å². The molecule has 0 atom stereocenters. The molecule has 0 aromatic carbocycles. The zero-order valence-corrected chi connectivity index (χ0v) is 13.1. The summed E-state index contributed by atoms with van der Waals surface area (Å²) in [7, 11) is 0. The molecule has 3 N–H and O–H groups in total. The van der Waals surface area contributed by atoms with Gasteiger partial charge in [-0.15, -0.1) is 11.3 Å². The van der Waals surface area contributed by atoms with Crippen LogP contribution < -0.4 is 11.1 Å². The molecule has 6 nitrogen and oxygen atoms in total. The molecule has 0 bridgehead atoms. The molecule has 2 aromatic heterocycles. The van der Waals surface area contributed by atoms with Gasteiger partial charge in [-0.2, -0.15) is 0 Å². The number of anilines is 3. The number of carbonyl (C=O) groups excluding carboxylic acids is 1. The maximum atomic E-state index is 11.8. The Morgan fingerprint density at radius 1 is 1.48 bits per heavy atom. The van der Waals surface area contributed by atoms with Crippen LogP contribution in [0.3, 0.4) is 0 Å². The molecule has 0 unspecified atom stereocenters. The summed E-state index contributed by atoms with van der Waals surface area (Å²) in [4.78, 5) is 21.6. The summed E-state index contributed by atoms with van der Waals surface area (Å²) in [6.45, 7) is 6.13. The van der Waals surface area contributed by atoms with E-state index >= 15 is 0 Å². The zero-order chi connectivity index (χ0) is 15.4. The van der Waals surface area contributed by atoms with E-state index in [-0.39, 0.29) is 5.69 Å². The largest absolute Gasteiger partial charge is 0.462 e. The minimum Gasteiger partial charge on any atom is -0.462 e. The average molecular weight is 306 g/mol. The van der Waals surface area contributed by atoms with E-state index in [1.807, 2.05) is 6.92 Å². The smallest absolute Gasteiger partial charge is 0.340 e. The fourth-order valence-corrected chi connectivity index (χ4v) is 2.77. The van der Waals surface area contributed by atoms with E-state index < -0.39 is 5.97 Å². The van der Waals surface area contributed by atoms with Crippen molar-refractivity contribution in [3.8, 4) is 0 Å². The van der Waals surface area contributed by atoms with Crippen LogP contribution in [0.1, 0.15) is 34.8 Å². The van der Waals surface area contributed by atoms with Gasteiger partial charge in [0.05, 0.1) is 23.6 Å². The van der Waals surface area contributed by atoms with E-state index in [1.165, 1.54) is 17.5 Å². The summed E-state index contributed by atoms with van der Waals surface area (Å²) in [5, 5.41) is 3.78. The Labute approximate surface area is 127 Å². The number of pyridine rings is 1. The van der Waals surface area contributed by atoms with Crippen molar-refractivity contribution in [2.45, 2.75) is 27.2 Å². The molecule has 0 saturated heterocycles. The normalized spacial score (nSPS) is 10.4. The van der Waals surface area contributed by atoms with Gasteiger partial charge in [-0.3, -0.25) is 0 Å². The Balaban J connectivity index is 2.27. The first-order valence-corrected chi connectivity index (χ1v) is 7.53. The van der Waals surface area contributed by atoms with Crippen LogP contribution in [-0.4, -0.2) is 22.5 Å². The topological polar surface area (TPSA) is 90.1 Å². The van der Waals surface area contributed by atoms with Crippen LogP contribution in [-0.2, 0) is 11.2 Å².